The van der Waals surface area contributed by atoms with E-state index in [4.69, 9.17) is 16.3 Å². The number of halogens is 1. The number of amides is 1. The molecule has 18 heavy (non-hydrogen) atoms. The average molecular weight is 269 g/mol. The van der Waals surface area contributed by atoms with E-state index in [0.29, 0.717) is 28.9 Å². The molecule has 0 radical (unpaired) electrons. The van der Waals surface area contributed by atoms with E-state index in [1.54, 1.807) is 25.3 Å². The summed E-state index contributed by atoms with van der Waals surface area (Å²) in [4.78, 5) is 14.3. The van der Waals surface area contributed by atoms with Gasteiger partial charge in [0.25, 0.3) is 5.91 Å². The summed E-state index contributed by atoms with van der Waals surface area (Å²) in [5, 5.41) is 3.88. The van der Waals surface area contributed by atoms with Crippen molar-refractivity contribution in [1.29, 1.82) is 0 Å². The van der Waals surface area contributed by atoms with Crippen molar-refractivity contribution >= 4 is 17.5 Å². The fraction of sp³-hybridized carbons (Fsp3) is 0.462. The Hall–Kier alpha value is -1.26. The van der Waals surface area contributed by atoms with E-state index in [1.807, 2.05) is 4.90 Å². The lowest BCUT2D eigenvalue weighted by Crippen LogP contribution is -2.51. The monoisotopic (exact) mass is 268 g/mol. The highest BCUT2D eigenvalue weighted by Crippen LogP contribution is 2.24. The predicted octanol–water partition coefficient (Wildman–Crippen LogP) is 1.78. The van der Waals surface area contributed by atoms with Crippen LogP contribution >= 0.6 is 11.6 Å². The number of rotatable bonds is 2. The van der Waals surface area contributed by atoms with Crippen LogP contribution in [0.5, 0.6) is 5.75 Å². The van der Waals surface area contributed by atoms with Gasteiger partial charge in [0, 0.05) is 30.7 Å². The van der Waals surface area contributed by atoms with Crippen molar-refractivity contribution in [2.75, 3.05) is 26.7 Å². The summed E-state index contributed by atoms with van der Waals surface area (Å²) >= 11 is 5.89. The summed E-state index contributed by atoms with van der Waals surface area (Å²) in [6.45, 7) is 4.32. The van der Waals surface area contributed by atoms with E-state index in [-0.39, 0.29) is 5.91 Å². The van der Waals surface area contributed by atoms with Gasteiger partial charge in [0.1, 0.15) is 5.75 Å². The molecular formula is C13H17ClN2O2. The number of hydrogen-bond acceptors (Lipinski definition) is 3. The van der Waals surface area contributed by atoms with Crippen molar-refractivity contribution in [3.63, 3.8) is 0 Å². The molecule has 1 aromatic rings. The van der Waals surface area contributed by atoms with E-state index in [9.17, 15) is 4.79 Å². The van der Waals surface area contributed by atoms with Crippen molar-refractivity contribution in [3.8, 4) is 5.75 Å². The summed E-state index contributed by atoms with van der Waals surface area (Å²) in [5.41, 5.74) is 0.566. The molecule has 0 aromatic heterocycles. The molecule has 4 nitrogen and oxygen atoms in total. The molecule has 1 aliphatic rings. The zero-order chi connectivity index (χ0) is 13.1. The Morgan fingerprint density at radius 3 is 3.00 bits per heavy atom. The van der Waals surface area contributed by atoms with Crippen LogP contribution in [0, 0.1) is 0 Å². The highest BCUT2D eigenvalue weighted by molar-refractivity contribution is 6.30. The van der Waals surface area contributed by atoms with Crippen LogP contribution in [-0.2, 0) is 0 Å². The van der Waals surface area contributed by atoms with Gasteiger partial charge in [-0.05, 0) is 25.1 Å². The highest BCUT2D eigenvalue weighted by Gasteiger charge is 2.23. The number of nitrogens with zero attached hydrogens (tertiary/aromatic N) is 1. The largest absolute Gasteiger partial charge is 0.496 e. The van der Waals surface area contributed by atoms with Crippen LogP contribution in [-0.4, -0.2) is 43.6 Å². The molecule has 0 aliphatic carbocycles. The van der Waals surface area contributed by atoms with Gasteiger partial charge in [-0.2, -0.15) is 0 Å². The maximum Gasteiger partial charge on any atom is 0.257 e. The van der Waals surface area contributed by atoms with Crippen molar-refractivity contribution in [1.82, 2.24) is 10.2 Å². The van der Waals surface area contributed by atoms with Crippen LogP contribution in [0.15, 0.2) is 18.2 Å². The minimum atomic E-state index is -0.00290. The van der Waals surface area contributed by atoms with Crippen LogP contribution in [0.25, 0.3) is 0 Å². The molecule has 0 bridgehead atoms. The molecule has 5 heteroatoms. The highest BCUT2D eigenvalue weighted by atomic mass is 35.5. The van der Waals surface area contributed by atoms with E-state index in [2.05, 4.69) is 12.2 Å². The molecule has 1 atom stereocenters. The van der Waals surface area contributed by atoms with Gasteiger partial charge < -0.3 is 15.0 Å². The average Bonchev–Trinajstić information content (AvgIpc) is 2.37. The first-order valence-corrected chi connectivity index (χ1v) is 6.36. The third-order valence-electron chi connectivity index (χ3n) is 3.05. The quantitative estimate of drug-likeness (QED) is 0.889. The number of hydrogen-bond donors (Lipinski definition) is 1. The Morgan fingerprint density at radius 2 is 2.33 bits per heavy atom. The Balaban J connectivity index is 2.22. The second-order valence-corrected chi connectivity index (χ2v) is 4.89. The van der Waals surface area contributed by atoms with Crippen LogP contribution in [0.1, 0.15) is 17.3 Å². The van der Waals surface area contributed by atoms with Gasteiger partial charge in [-0.15, -0.1) is 0 Å². The molecule has 1 N–H and O–H groups in total. The molecule has 1 aliphatic heterocycles. The van der Waals surface area contributed by atoms with Gasteiger partial charge in [-0.3, -0.25) is 4.79 Å². The summed E-state index contributed by atoms with van der Waals surface area (Å²) in [6.07, 6.45) is 0. The van der Waals surface area contributed by atoms with Crippen molar-refractivity contribution < 1.29 is 9.53 Å². The molecule has 98 valence electrons. The van der Waals surface area contributed by atoms with Crippen LogP contribution < -0.4 is 10.1 Å². The van der Waals surface area contributed by atoms with Gasteiger partial charge >= 0.3 is 0 Å². The predicted molar refractivity (Wildman–Crippen MR) is 71.4 cm³/mol. The first-order chi connectivity index (χ1) is 8.61. The fourth-order valence-corrected chi connectivity index (χ4v) is 2.29. The number of methoxy groups -OCH3 is 1. The topological polar surface area (TPSA) is 41.6 Å². The number of benzene rings is 1. The second-order valence-electron chi connectivity index (χ2n) is 4.45. The Morgan fingerprint density at radius 1 is 1.56 bits per heavy atom. The number of carbonyl (C=O) groups is 1. The number of ether oxygens (including phenoxy) is 1. The maximum atomic E-state index is 12.4. The summed E-state index contributed by atoms with van der Waals surface area (Å²) in [5.74, 6) is 0.524. The minimum absolute atomic E-state index is 0.00290. The molecular weight excluding hydrogens is 252 g/mol. The zero-order valence-corrected chi connectivity index (χ0v) is 11.3. The number of piperazine rings is 1. The van der Waals surface area contributed by atoms with Crippen LogP contribution in [0.4, 0.5) is 0 Å². The minimum Gasteiger partial charge on any atom is -0.496 e. The smallest absolute Gasteiger partial charge is 0.257 e. The van der Waals surface area contributed by atoms with E-state index in [1.165, 1.54) is 0 Å². The molecule has 0 saturated carbocycles. The molecule has 0 unspecified atom stereocenters. The molecule has 2 rings (SSSR count). The van der Waals surface area contributed by atoms with Crippen molar-refractivity contribution in [2.45, 2.75) is 13.0 Å². The third-order valence-corrected chi connectivity index (χ3v) is 3.29. The molecule has 0 spiro atoms. The van der Waals surface area contributed by atoms with Crippen LogP contribution in [0.3, 0.4) is 0 Å². The molecule has 1 amide bonds. The number of nitrogens with one attached hydrogen (secondary N) is 1. The zero-order valence-electron chi connectivity index (χ0n) is 10.6. The molecule has 1 fully saturated rings. The lowest BCUT2D eigenvalue weighted by Gasteiger charge is -2.32. The van der Waals surface area contributed by atoms with Crippen molar-refractivity contribution in [3.05, 3.63) is 28.8 Å². The van der Waals surface area contributed by atoms with Gasteiger partial charge in [0.15, 0.2) is 0 Å². The lowest BCUT2D eigenvalue weighted by molar-refractivity contribution is 0.0705. The first-order valence-electron chi connectivity index (χ1n) is 5.98. The summed E-state index contributed by atoms with van der Waals surface area (Å²) in [7, 11) is 1.54. The van der Waals surface area contributed by atoms with E-state index >= 15 is 0 Å². The third kappa shape index (κ3) is 2.76. The lowest BCUT2D eigenvalue weighted by atomic mass is 10.1. The Labute approximate surface area is 112 Å². The fourth-order valence-electron chi connectivity index (χ4n) is 2.13. The SMILES string of the molecule is COc1cc(Cl)ccc1C(=O)N1CCN[C@@H](C)C1. The second kappa shape index (κ2) is 5.59. The summed E-state index contributed by atoms with van der Waals surface area (Å²) < 4.78 is 5.22. The normalized spacial score (nSPS) is 19.7. The van der Waals surface area contributed by atoms with E-state index < -0.39 is 0 Å². The number of carbonyl (C=O) groups excluding carboxylic acids is 1. The molecule has 1 saturated heterocycles. The van der Waals surface area contributed by atoms with Gasteiger partial charge in [0.05, 0.1) is 12.7 Å². The maximum absolute atomic E-state index is 12.4. The summed E-state index contributed by atoms with van der Waals surface area (Å²) in [6, 6.07) is 5.42. The van der Waals surface area contributed by atoms with Gasteiger partial charge in [-0.1, -0.05) is 11.6 Å². The van der Waals surface area contributed by atoms with E-state index in [0.717, 1.165) is 13.1 Å². The van der Waals surface area contributed by atoms with Gasteiger partial charge in [0.2, 0.25) is 0 Å². The van der Waals surface area contributed by atoms with Gasteiger partial charge in [-0.25, -0.2) is 0 Å². The van der Waals surface area contributed by atoms with Crippen molar-refractivity contribution in [2.24, 2.45) is 0 Å². The van der Waals surface area contributed by atoms with Crippen LogP contribution in [0.2, 0.25) is 5.02 Å². The Bertz CT molecular complexity index is 451. The Kier molecular flexibility index (Phi) is 4.09. The standard InChI is InChI=1S/C13H17ClN2O2/c1-9-8-16(6-5-15-9)13(17)11-4-3-10(14)7-12(11)18-2/h3-4,7,9,15H,5-6,8H2,1-2H3/t9-/m0/s1. The first kappa shape index (κ1) is 13.2. The molecule has 1 aromatic carbocycles. The molecule has 1 heterocycles.